The lowest BCUT2D eigenvalue weighted by Gasteiger charge is -2.15. The van der Waals surface area contributed by atoms with Crippen molar-refractivity contribution in [1.29, 1.82) is 0 Å². The molecule has 54 heavy (non-hydrogen) atoms. The number of aryl methyl sites for hydroxylation is 5. The van der Waals surface area contributed by atoms with Gasteiger partial charge < -0.3 is 5.11 Å². The van der Waals surface area contributed by atoms with Crippen molar-refractivity contribution in [3.8, 4) is 0 Å². The summed E-state index contributed by atoms with van der Waals surface area (Å²) in [6, 6.07) is 46.9. The zero-order valence-corrected chi connectivity index (χ0v) is 38.4. The van der Waals surface area contributed by atoms with E-state index in [2.05, 4.69) is 142 Å². The highest BCUT2D eigenvalue weighted by Gasteiger charge is 2.06. The summed E-state index contributed by atoms with van der Waals surface area (Å²) in [5, 5.41) is 7.00. The summed E-state index contributed by atoms with van der Waals surface area (Å²) in [6.07, 6.45) is 9.22. The Balaban J connectivity index is -0.000000549. The van der Waals surface area contributed by atoms with Crippen molar-refractivity contribution in [2.75, 3.05) is 7.11 Å². The van der Waals surface area contributed by atoms with Crippen LogP contribution in [0.1, 0.15) is 94.7 Å². The van der Waals surface area contributed by atoms with Crippen LogP contribution >= 0.6 is 0 Å². The van der Waals surface area contributed by atoms with Gasteiger partial charge in [0.25, 0.3) is 0 Å². The molecule has 1 fully saturated rings. The number of rotatable bonds is 0. The molecule has 1 aliphatic rings. The van der Waals surface area contributed by atoms with Gasteiger partial charge in [-0.25, -0.2) is 0 Å². The number of nitrogens with zero attached hydrogens (tertiary/aromatic N) is 1. The first kappa shape index (κ1) is 54.6. The molecule has 4 aromatic carbocycles. The van der Waals surface area contributed by atoms with Crippen LogP contribution in [0.3, 0.4) is 0 Å². The summed E-state index contributed by atoms with van der Waals surface area (Å²) in [5.74, 6) is 1.04. The van der Waals surface area contributed by atoms with E-state index in [1.165, 1.54) is 54.4 Å². The first-order valence-electron chi connectivity index (χ1n) is 19.8. The van der Waals surface area contributed by atoms with Gasteiger partial charge in [-0.2, -0.15) is 0 Å². The van der Waals surface area contributed by atoms with Crippen molar-refractivity contribution in [3.63, 3.8) is 0 Å². The Kier molecular flexibility index (Phi) is 36.6. The summed E-state index contributed by atoms with van der Waals surface area (Å²) in [6.45, 7) is 30.7. The monoisotopic (exact) mass is 752 g/mol. The normalized spacial score (nSPS) is 11.3. The van der Waals surface area contributed by atoms with E-state index in [0.29, 0.717) is 5.41 Å². The predicted octanol–water partition coefficient (Wildman–Crippen LogP) is 15.6. The molecule has 1 heterocycles. The topological polar surface area (TPSA) is 33.1 Å². The molecule has 0 spiro atoms. The van der Waals surface area contributed by atoms with Crippen molar-refractivity contribution >= 4 is 8.07 Å². The summed E-state index contributed by atoms with van der Waals surface area (Å²) in [7, 11) is 0.389. The van der Waals surface area contributed by atoms with E-state index < -0.39 is 8.07 Å². The van der Waals surface area contributed by atoms with Crippen LogP contribution in [0.5, 0.6) is 0 Å². The van der Waals surface area contributed by atoms with Gasteiger partial charge in [-0.1, -0.05) is 243 Å². The van der Waals surface area contributed by atoms with Crippen LogP contribution in [0.2, 0.25) is 26.2 Å². The van der Waals surface area contributed by atoms with Crippen molar-refractivity contribution in [2.45, 2.75) is 128 Å². The van der Waals surface area contributed by atoms with E-state index in [9.17, 15) is 0 Å². The molecule has 0 bridgehead atoms. The molecule has 5 aromatic rings. The molecule has 0 unspecified atom stereocenters. The van der Waals surface area contributed by atoms with E-state index >= 15 is 0 Å². The Labute approximate surface area is 336 Å². The lowest BCUT2D eigenvalue weighted by atomic mass is 9.91. The maximum Gasteiger partial charge on any atom is 0.0411 e. The van der Waals surface area contributed by atoms with Gasteiger partial charge in [0.2, 0.25) is 0 Å². The van der Waals surface area contributed by atoms with Gasteiger partial charge in [0, 0.05) is 27.1 Å². The smallest absolute Gasteiger partial charge is 0.0411 e. The minimum atomic E-state index is -0.611. The van der Waals surface area contributed by atoms with Crippen LogP contribution in [-0.2, 0) is 0 Å². The first-order valence-corrected chi connectivity index (χ1v) is 23.8. The molecular formula is C51H81NOSi. The fourth-order valence-electron chi connectivity index (χ4n) is 3.89. The minimum absolute atomic E-state index is 0.500. The third-order valence-electron chi connectivity index (χ3n) is 6.47. The van der Waals surface area contributed by atoms with Crippen LogP contribution in [-0.4, -0.2) is 25.3 Å². The van der Waals surface area contributed by atoms with Crippen molar-refractivity contribution in [3.05, 3.63) is 174 Å². The van der Waals surface area contributed by atoms with E-state index in [-0.39, 0.29) is 0 Å². The maximum absolute atomic E-state index is 7.00. The molecule has 1 aliphatic carbocycles. The second-order valence-corrected chi connectivity index (χ2v) is 22.8. The van der Waals surface area contributed by atoms with Gasteiger partial charge in [-0.15, -0.1) is 0 Å². The summed E-state index contributed by atoms with van der Waals surface area (Å²) in [5.41, 5.74) is 6.86. The third kappa shape index (κ3) is 55.0. The van der Waals surface area contributed by atoms with Gasteiger partial charge in [-0.05, 0) is 58.1 Å². The van der Waals surface area contributed by atoms with Gasteiger partial charge in [0.1, 0.15) is 0 Å². The molecular weight excluding hydrogens is 671 g/mol. The second-order valence-electron chi connectivity index (χ2n) is 16.8. The third-order valence-corrected chi connectivity index (χ3v) is 6.47. The highest BCUT2D eigenvalue weighted by atomic mass is 28.3. The Morgan fingerprint density at radius 1 is 0.463 bits per heavy atom. The summed E-state index contributed by atoms with van der Waals surface area (Å²) < 4.78 is 0. The van der Waals surface area contributed by atoms with Crippen molar-refractivity contribution in [2.24, 2.45) is 11.3 Å². The summed E-state index contributed by atoms with van der Waals surface area (Å²) in [4.78, 5) is 3.98. The number of aliphatic hydroxyl groups excluding tert-OH is 1. The Morgan fingerprint density at radius 2 is 0.704 bits per heavy atom. The van der Waals surface area contributed by atoms with Crippen LogP contribution < -0.4 is 0 Å². The number of aliphatic hydroxyl groups is 1. The standard InChI is InChI=1S/C7H14.4C7H8.C6H7N.C5H12.C4H12Si.CH4O/c5*1-7-5-3-2-4-6-7;1-6-4-2-3-5-7-6;2*1-5(2,3)4;1-2/h7H,2-6H2,1H3;4*2-6H,1H3;2-5H,1H3;2*1-4H3;2H,1H3. The Hall–Kier alpha value is -3.79. The van der Waals surface area contributed by atoms with E-state index in [1.54, 1.807) is 6.20 Å². The molecule has 1 saturated carbocycles. The van der Waals surface area contributed by atoms with Gasteiger partial charge in [0.05, 0.1) is 0 Å². The first-order chi connectivity index (χ1) is 25.4. The lowest BCUT2D eigenvalue weighted by molar-refractivity contribution is 0.385. The highest BCUT2D eigenvalue weighted by Crippen LogP contribution is 2.22. The molecule has 300 valence electrons. The van der Waals surface area contributed by atoms with Gasteiger partial charge in [-0.3, -0.25) is 4.98 Å². The Morgan fingerprint density at radius 3 is 0.815 bits per heavy atom. The molecule has 0 radical (unpaired) electrons. The zero-order chi connectivity index (χ0) is 41.7. The minimum Gasteiger partial charge on any atom is -0.400 e. The predicted molar refractivity (Wildman–Crippen MR) is 248 cm³/mol. The molecule has 3 heteroatoms. The molecule has 0 saturated heterocycles. The van der Waals surface area contributed by atoms with E-state index in [1.807, 2.05) is 97.9 Å². The molecule has 1 aromatic heterocycles. The molecule has 0 atom stereocenters. The van der Waals surface area contributed by atoms with Gasteiger partial charge in [0.15, 0.2) is 0 Å². The van der Waals surface area contributed by atoms with Crippen molar-refractivity contribution in [1.82, 2.24) is 4.98 Å². The quantitative estimate of drug-likeness (QED) is 0.160. The largest absolute Gasteiger partial charge is 0.400 e. The number of benzene rings is 4. The zero-order valence-electron chi connectivity index (χ0n) is 37.4. The lowest BCUT2D eigenvalue weighted by Crippen LogP contribution is -2.10. The average Bonchev–Trinajstić information content (AvgIpc) is 3.11. The van der Waals surface area contributed by atoms with Gasteiger partial charge >= 0.3 is 0 Å². The number of pyridine rings is 1. The summed E-state index contributed by atoms with van der Waals surface area (Å²) >= 11 is 0. The van der Waals surface area contributed by atoms with Crippen LogP contribution in [0.4, 0.5) is 0 Å². The number of aromatic nitrogens is 1. The Bertz CT molecular complexity index is 1170. The molecule has 0 amide bonds. The van der Waals surface area contributed by atoms with Crippen LogP contribution in [0.25, 0.3) is 0 Å². The SMILES string of the molecule is CC(C)(C)C.CC1CCCCC1.CO.C[Si](C)(C)C.Cc1ccccc1.Cc1ccccc1.Cc1ccccc1.Cc1ccccc1.Cc1ccccn1. The van der Waals surface area contributed by atoms with E-state index in [0.717, 1.165) is 18.7 Å². The number of hydrogen-bond acceptors (Lipinski definition) is 2. The number of hydrogen-bond donors (Lipinski definition) is 1. The van der Waals surface area contributed by atoms with Crippen LogP contribution in [0.15, 0.2) is 146 Å². The molecule has 1 N–H and O–H groups in total. The van der Waals surface area contributed by atoms with E-state index in [4.69, 9.17) is 5.11 Å². The maximum atomic E-state index is 7.00. The van der Waals surface area contributed by atoms with Crippen LogP contribution in [0, 0.1) is 46.0 Å². The molecule has 2 nitrogen and oxygen atoms in total. The molecule has 0 aliphatic heterocycles. The highest BCUT2D eigenvalue weighted by molar-refractivity contribution is 6.74. The second kappa shape index (κ2) is 36.2. The molecule has 6 rings (SSSR count). The fourth-order valence-corrected chi connectivity index (χ4v) is 3.89. The fraction of sp³-hybridized carbons (Fsp3) is 0.431. The average molecular weight is 752 g/mol. The van der Waals surface area contributed by atoms with Crippen molar-refractivity contribution < 1.29 is 5.11 Å².